The van der Waals surface area contributed by atoms with Gasteiger partial charge in [0, 0.05) is 27.7 Å². The van der Waals surface area contributed by atoms with E-state index in [-0.39, 0.29) is 5.41 Å². The van der Waals surface area contributed by atoms with Crippen LogP contribution in [-0.4, -0.2) is 15.0 Å². The van der Waals surface area contributed by atoms with E-state index in [4.69, 9.17) is 19.7 Å². The normalized spacial score (nSPS) is 22.6. The lowest BCUT2D eigenvalue weighted by atomic mass is 9.49. The van der Waals surface area contributed by atoms with Gasteiger partial charge in [-0.25, -0.2) is 15.0 Å². The molecule has 58 heavy (non-hydrogen) atoms. The predicted octanol–water partition coefficient (Wildman–Crippen LogP) is 13.0. The highest BCUT2D eigenvalue weighted by molar-refractivity contribution is 5.96. The molecule has 278 valence electrons. The second kappa shape index (κ2) is 12.1. The van der Waals surface area contributed by atoms with Crippen molar-refractivity contribution < 1.29 is 4.74 Å². The Bertz CT molecular complexity index is 2910. The summed E-state index contributed by atoms with van der Waals surface area (Å²) in [5, 5.41) is 2.37. The molecule has 6 aliphatic rings. The van der Waals surface area contributed by atoms with Crippen LogP contribution in [0.2, 0.25) is 0 Å². The Morgan fingerprint density at radius 3 is 1.69 bits per heavy atom. The zero-order chi connectivity index (χ0) is 38.0. The highest BCUT2D eigenvalue weighted by Gasteiger charge is 2.54. The first kappa shape index (κ1) is 32.7. The summed E-state index contributed by atoms with van der Waals surface area (Å²) < 4.78 is 6.64. The molecule has 1 aliphatic heterocycles. The van der Waals surface area contributed by atoms with Gasteiger partial charge in [0.25, 0.3) is 0 Å². The van der Waals surface area contributed by atoms with Crippen LogP contribution in [0.3, 0.4) is 0 Å². The standard InChI is InChI=1S/C54H41N3O/c1-2-14-38-36(12-1)13-11-18-43(38)51-55-50(56-52(57-51)53-30-33-26-34(31-53)28-35(27-33)32-53)42-17-4-3-15-39(42)37-24-25-41-40-16-5-6-19-44(40)54(47(41)29-37)45-20-7-9-22-48(45)58-49-23-10-8-21-46(49)54/h1-25,29,33-35H,26-28,30-32H2. The Morgan fingerprint density at radius 1 is 0.431 bits per heavy atom. The smallest absolute Gasteiger partial charge is 0.164 e. The van der Waals surface area contributed by atoms with Crippen molar-refractivity contribution >= 4 is 10.8 Å². The molecule has 14 rings (SSSR count). The molecule has 0 N–H and O–H groups in total. The van der Waals surface area contributed by atoms with Crippen molar-refractivity contribution in [3.05, 3.63) is 186 Å². The van der Waals surface area contributed by atoms with E-state index in [9.17, 15) is 0 Å². The van der Waals surface area contributed by atoms with Gasteiger partial charge in [-0.05, 0) is 119 Å². The van der Waals surface area contributed by atoms with E-state index in [0.717, 1.165) is 69.0 Å². The number of ether oxygens (including phenoxy) is 1. The molecule has 0 saturated heterocycles. The van der Waals surface area contributed by atoms with Gasteiger partial charge in [0.2, 0.25) is 0 Å². The van der Waals surface area contributed by atoms with Gasteiger partial charge in [0.05, 0.1) is 5.41 Å². The van der Waals surface area contributed by atoms with Crippen molar-refractivity contribution in [1.82, 2.24) is 15.0 Å². The number of hydrogen-bond donors (Lipinski definition) is 0. The maximum Gasteiger partial charge on any atom is 0.164 e. The minimum atomic E-state index is -0.539. The molecule has 7 aromatic carbocycles. The molecule has 2 heterocycles. The van der Waals surface area contributed by atoms with Crippen LogP contribution in [0.4, 0.5) is 0 Å². The number of para-hydroxylation sites is 2. The third kappa shape index (κ3) is 4.54. The third-order valence-corrected chi connectivity index (χ3v) is 14.5. The summed E-state index contributed by atoms with van der Waals surface area (Å²) in [4.78, 5) is 16.5. The summed E-state index contributed by atoms with van der Waals surface area (Å²) >= 11 is 0. The number of nitrogens with zero attached hydrogens (tertiary/aromatic N) is 3. The number of aromatic nitrogens is 3. The van der Waals surface area contributed by atoms with Gasteiger partial charge in [-0.1, -0.05) is 140 Å². The quantitative estimate of drug-likeness (QED) is 0.180. The van der Waals surface area contributed by atoms with Crippen LogP contribution in [-0.2, 0) is 10.8 Å². The van der Waals surface area contributed by atoms with Crippen LogP contribution in [0.1, 0.15) is 66.6 Å². The summed E-state index contributed by atoms with van der Waals surface area (Å²) in [5.41, 5.74) is 11.3. The second-order valence-electron chi connectivity index (χ2n) is 17.7. The van der Waals surface area contributed by atoms with Gasteiger partial charge >= 0.3 is 0 Å². The topological polar surface area (TPSA) is 47.9 Å². The first-order valence-corrected chi connectivity index (χ1v) is 21.1. The minimum absolute atomic E-state index is 0.0102. The molecule has 0 radical (unpaired) electrons. The van der Waals surface area contributed by atoms with Crippen LogP contribution < -0.4 is 4.74 Å². The first-order valence-electron chi connectivity index (χ1n) is 21.1. The molecule has 4 fully saturated rings. The van der Waals surface area contributed by atoms with E-state index in [1.165, 1.54) is 82.7 Å². The molecular weight excluding hydrogens is 707 g/mol. The van der Waals surface area contributed by atoms with Gasteiger partial charge in [0.15, 0.2) is 11.6 Å². The highest BCUT2D eigenvalue weighted by atomic mass is 16.5. The van der Waals surface area contributed by atoms with Crippen molar-refractivity contribution in [2.75, 3.05) is 0 Å². The molecule has 0 atom stereocenters. The van der Waals surface area contributed by atoms with Crippen LogP contribution in [0.5, 0.6) is 11.5 Å². The van der Waals surface area contributed by atoms with Gasteiger partial charge in [-0.2, -0.15) is 0 Å². The van der Waals surface area contributed by atoms with Crippen molar-refractivity contribution in [3.8, 4) is 56.5 Å². The van der Waals surface area contributed by atoms with E-state index in [1.54, 1.807) is 0 Å². The van der Waals surface area contributed by atoms with E-state index in [2.05, 4.69) is 158 Å². The Labute approximate surface area is 338 Å². The van der Waals surface area contributed by atoms with E-state index in [0.29, 0.717) is 0 Å². The molecular formula is C54H41N3O. The molecule has 4 saturated carbocycles. The van der Waals surface area contributed by atoms with Crippen molar-refractivity contribution in [2.45, 2.75) is 49.4 Å². The third-order valence-electron chi connectivity index (χ3n) is 14.5. The van der Waals surface area contributed by atoms with E-state index < -0.39 is 5.41 Å². The summed E-state index contributed by atoms with van der Waals surface area (Å²) in [6.45, 7) is 0. The van der Waals surface area contributed by atoms with E-state index in [1.807, 2.05) is 0 Å². The fourth-order valence-electron chi connectivity index (χ4n) is 12.6. The van der Waals surface area contributed by atoms with Crippen molar-refractivity contribution in [3.63, 3.8) is 0 Å². The molecule has 4 nitrogen and oxygen atoms in total. The molecule has 4 bridgehead atoms. The molecule has 5 aliphatic carbocycles. The minimum Gasteiger partial charge on any atom is -0.457 e. The van der Waals surface area contributed by atoms with Crippen molar-refractivity contribution in [1.29, 1.82) is 0 Å². The van der Waals surface area contributed by atoms with Crippen molar-refractivity contribution in [2.24, 2.45) is 17.8 Å². The van der Waals surface area contributed by atoms with Crippen LogP contribution in [0.15, 0.2) is 158 Å². The van der Waals surface area contributed by atoms with Crippen LogP contribution in [0, 0.1) is 17.8 Å². The lowest BCUT2D eigenvalue weighted by Crippen LogP contribution is -2.49. The fourth-order valence-corrected chi connectivity index (χ4v) is 12.6. The SMILES string of the molecule is c1ccc2c(c1)Oc1ccccc1C21c2ccccc2-c2ccc(-c3ccccc3-c3nc(-c4cccc5ccccc45)nc(C45CC6CC(CC(C6)C4)C5)n3)cc21. The summed E-state index contributed by atoms with van der Waals surface area (Å²) in [5.74, 6) is 6.69. The summed E-state index contributed by atoms with van der Waals surface area (Å²) in [7, 11) is 0. The lowest BCUT2D eigenvalue weighted by Gasteiger charge is -2.56. The average molecular weight is 748 g/mol. The van der Waals surface area contributed by atoms with Gasteiger partial charge in [-0.15, -0.1) is 0 Å². The number of benzene rings is 7. The Morgan fingerprint density at radius 2 is 0.966 bits per heavy atom. The van der Waals surface area contributed by atoms with E-state index >= 15 is 0 Å². The summed E-state index contributed by atoms with van der Waals surface area (Å²) in [6, 6.07) is 57.1. The Balaban J connectivity index is 1.04. The number of fused-ring (bicyclic) bond motifs is 10. The zero-order valence-electron chi connectivity index (χ0n) is 32.2. The second-order valence-corrected chi connectivity index (χ2v) is 17.7. The Kier molecular flexibility index (Phi) is 6.80. The molecule has 4 heteroatoms. The molecule has 1 aromatic heterocycles. The predicted molar refractivity (Wildman–Crippen MR) is 231 cm³/mol. The number of hydrogen-bond acceptors (Lipinski definition) is 4. The number of rotatable bonds is 4. The average Bonchev–Trinajstić information content (AvgIpc) is 3.55. The lowest BCUT2D eigenvalue weighted by molar-refractivity contribution is -0.00938. The zero-order valence-corrected chi connectivity index (χ0v) is 32.2. The van der Waals surface area contributed by atoms with Gasteiger partial charge < -0.3 is 4.74 Å². The fraction of sp³-hybridized carbons (Fsp3) is 0.204. The molecule has 8 aromatic rings. The molecule has 0 unspecified atom stereocenters. The maximum absolute atomic E-state index is 6.64. The molecule has 1 spiro atoms. The van der Waals surface area contributed by atoms with Crippen LogP contribution in [0.25, 0.3) is 55.8 Å². The Hall–Kier alpha value is -6.39. The summed E-state index contributed by atoms with van der Waals surface area (Å²) in [6.07, 6.45) is 7.71. The largest absolute Gasteiger partial charge is 0.457 e. The van der Waals surface area contributed by atoms with Crippen LogP contribution >= 0.6 is 0 Å². The highest BCUT2D eigenvalue weighted by Crippen LogP contribution is 2.63. The first-order chi connectivity index (χ1) is 28.6. The maximum atomic E-state index is 6.64. The van der Waals surface area contributed by atoms with Gasteiger partial charge in [0.1, 0.15) is 17.3 Å². The monoisotopic (exact) mass is 747 g/mol. The molecule has 0 amide bonds. The van der Waals surface area contributed by atoms with Gasteiger partial charge in [-0.3, -0.25) is 0 Å².